The predicted molar refractivity (Wildman–Crippen MR) is 127 cm³/mol. The van der Waals surface area contributed by atoms with Crippen molar-refractivity contribution in [1.82, 2.24) is 25.0 Å². The van der Waals surface area contributed by atoms with Gasteiger partial charge in [-0.3, -0.25) is 4.90 Å². The minimum Gasteiger partial charge on any atom is -0.466 e. The molecular weight excluding hydrogens is 458 g/mol. The van der Waals surface area contributed by atoms with Crippen LogP contribution in [0.3, 0.4) is 0 Å². The van der Waals surface area contributed by atoms with Gasteiger partial charge in [0.05, 0.1) is 23.6 Å². The third kappa shape index (κ3) is 4.16. The number of esters is 1. The maximum absolute atomic E-state index is 13.2. The second-order valence-corrected chi connectivity index (χ2v) is 9.77. The Morgan fingerprint density at radius 3 is 2.67 bits per heavy atom. The second kappa shape index (κ2) is 9.03. The summed E-state index contributed by atoms with van der Waals surface area (Å²) < 4.78 is 7.11. The van der Waals surface area contributed by atoms with Crippen LogP contribution >= 0.6 is 23.1 Å². The van der Waals surface area contributed by atoms with Crippen LogP contribution in [0.5, 0.6) is 0 Å². The maximum atomic E-state index is 13.2. The number of thioether (sulfide) groups is 1. The van der Waals surface area contributed by atoms with Crippen LogP contribution in [0.1, 0.15) is 24.4 Å². The Morgan fingerprint density at radius 1 is 1.21 bits per heavy atom. The fourth-order valence-corrected chi connectivity index (χ4v) is 5.67. The summed E-state index contributed by atoms with van der Waals surface area (Å²) in [6, 6.07) is 12.8. The third-order valence-electron chi connectivity index (χ3n) is 5.74. The maximum Gasteiger partial charge on any atom is 0.338 e. The number of carbonyl (C=O) groups is 2. The summed E-state index contributed by atoms with van der Waals surface area (Å²) in [5.41, 5.74) is 1.97. The monoisotopic (exact) mass is 481 g/mol. The van der Waals surface area contributed by atoms with Crippen LogP contribution in [0, 0.1) is 0 Å². The first-order valence-corrected chi connectivity index (χ1v) is 12.5. The van der Waals surface area contributed by atoms with Gasteiger partial charge in [0.1, 0.15) is 0 Å². The van der Waals surface area contributed by atoms with Crippen LogP contribution in [0.4, 0.5) is 4.79 Å². The topological polar surface area (TPSA) is 89.3 Å². The highest BCUT2D eigenvalue weighted by atomic mass is 32.2. The first-order valence-electron chi connectivity index (χ1n) is 10.6. The number of ether oxygens (including phenoxy) is 1. The molecule has 2 amide bonds. The lowest BCUT2D eigenvalue weighted by Gasteiger charge is -2.36. The molecule has 0 saturated heterocycles. The molecule has 1 aliphatic carbocycles. The van der Waals surface area contributed by atoms with E-state index >= 15 is 0 Å². The van der Waals surface area contributed by atoms with Gasteiger partial charge in [-0.1, -0.05) is 48.2 Å². The highest BCUT2D eigenvalue weighted by Crippen LogP contribution is 2.40. The number of benzene rings is 1. The van der Waals surface area contributed by atoms with Gasteiger partial charge in [0.25, 0.3) is 0 Å². The van der Waals surface area contributed by atoms with Crippen molar-refractivity contribution in [2.75, 3.05) is 12.9 Å². The summed E-state index contributed by atoms with van der Waals surface area (Å²) in [6.45, 7) is 0. The van der Waals surface area contributed by atoms with E-state index in [1.54, 1.807) is 16.2 Å². The molecule has 8 nitrogen and oxygen atoms in total. The van der Waals surface area contributed by atoms with Crippen molar-refractivity contribution in [3.63, 3.8) is 0 Å². The van der Waals surface area contributed by atoms with Crippen molar-refractivity contribution in [1.29, 1.82) is 0 Å². The Bertz CT molecular complexity index is 1200. The Morgan fingerprint density at radius 2 is 2.00 bits per heavy atom. The second-order valence-electron chi connectivity index (χ2n) is 7.88. The van der Waals surface area contributed by atoms with E-state index in [0.717, 1.165) is 29.1 Å². The minimum absolute atomic E-state index is 0.0955. The lowest BCUT2D eigenvalue weighted by Crippen LogP contribution is -2.50. The molecule has 1 fully saturated rings. The number of methoxy groups -OCH3 is 1. The molecule has 10 heteroatoms. The van der Waals surface area contributed by atoms with Crippen molar-refractivity contribution >= 4 is 35.1 Å². The molecule has 1 atom stereocenters. The summed E-state index contributed by atoms with van der Waals surface area (Å²) in [7, 11) is 3.29. The van der Waals surface area contributed by atoms with Gasteiger partial charge in [-0.05, 0) is 29.9 Å². The van der Waals surface area contributed by atoms with Crippen LogP contribution in [0.25, 0.3) is 10.7 Å². The molecule has 1 aromatic carbocycles. The summed E-state index contributed by atoms with van der Waals surface area (Å²) >= 11 is 3.06. The van der Waals surface area contributed by atoms with E-state index in [-0.39, 0.29) is 12.1 Å². The van der Waals surface area contributed by atoms with Gasteiger partial charge < -0.3 is 14.6 Å². The fraction of sp³-hybridized carbons (Fsp3) is 0.304. The van der Waals surface area contributed by atoms with Gasteiger partial charge in [-0.15, -0.1) is 21.5 Å². The van der Waals surface area contributed by atoms with E-state index in [4.69, 9.17) is 4.74 Å². The fourth-order valence-electron chi connectivity index (χ4n) is 3.99. The number of hydrogen-bond acceptors (Lipinski definition) is 7. The van der Waals surface area contributed by atoms with E-state index < -0.39 is 12.0 Å². The Balaban J connectivity index is 1.52. The Hall–Kier alpha value is -3.11. The number of hydrogen-bond donors (Lipinski definition) is 1. The quantitative estimate of drug-likeness (QED) is 0.405. The van der Waals surface area contributed by atoms with Crippen LogP contribution in [0.15, 0.2) is 64.3 Å². The number of amides is 2. The number of nitrogens with one attached hydrogen (secondary N) is 1. The number of urea groups is 1. The molecule has 5 rings (SSSR count). The predicted octanol–water partition coefficient (Wildman–Crippen LogP) is 3.99. The van der Waals surface area contributed by atoms with E-state index in [9.17, 15) is 9.59 Å². The molecular formula is C23H23N5O3S2. The molecule has 1 saturated carbocycles. The van der Waals surface area contributed by atoms with Gasteiger partial charge in [0.15, 0.2) is 11.0 Å². The lowest BCUT2D eigenvalue weighted by molar-refractivity contribution is -0.136. The summed E-state index contributed by atoms with van der Waals surface area (Å²) in [5.74, 6) is 0.744. The average molecular weight is 482 g/mol. The zero-order chi connectivity index (χ0) is 22.9. The Labute approximate surface area is 199 Å². The molecule has 0 spiro atoms. The van der Waals surface area contributed by atoms with Gasteiger partial charge in [0, 0.05) is 24.5 Å². The first-order chi connectivity index (χ1) is 16.1. The number of aromatic nitrogens is 3. The minimum atomic E-state index is -0.571. The molecule has 3 aromatic rings. The molecule has 0 radical (unpaired) electrons. The van der Waals surface area contributed by atoms with E-state index in [1.807, 2.05) is 59.5 Å². The summed E-state index contributed by atoms with van der Waals surface area (Å²) in [5, 5.41) is 14.4. The summed E-state index contributed by atoms with van der Waals surface area (Å²) in [6.07, 6.45) is 1.83. The van der Waals surface area contributed by atoms with Crippen LogP contribution < -0.4 is 5.32 Å². The molecule has 33 heavy (non-hydrogen) atoms. The van der Waals surface area contributed by atoms with Crippen LogP contribution in [-0.4, -0.2) is 50.6 Å². The van der Waals surface area contributed by atoms with Crippen molar-refractivity contribution in [3.8, 4) is 10.7 Å². The number of rotatable bonds is 7. The van der Waals surface area contributed by atoms with Crippen molar-refractivity contribution in [2.45, 2.75) is 30.1 Å². The van der Waals surface area contributed by atoms with Crippen molar-refractivity contribution in [2.24, 2.45) is 7.05 Å². The number of thiophene rings is 1. The third-order valence-corrected chi connectivity index (χ3v) is 7.64. The Kier molecular flexibility index (Phi) is 5.94. The highest BCUT2D eigenvalue weighted by molar-refractivity contribution is 7.99. The summed E-state index contributed by atoms with van der Waals surface area (Å²) in [4.78, 5) is 28.9. The zero-order valence-corrected chi connectivity index (χ0v) is 19.9. The standard InChI is InChI=1S/C23H23N5O3S2/c1-27-20(17-9-6-12-32-17)25-26-23(27)33-13-16-18(21(29)31-2)19(14-7-4-3-5-8-14)24-22(30)28(16)15-10-11-15/h3-9,12,15,19H,10-11,13H2,1-2H3,(H,24,30). The smallest absolute Gasteiger partial charge is 0.338 e. The lowest BCUT2D eigenvalue weighted by atomic mass is 9.95. The van der Waals surface area contributed by atoms with Crippen molar-refractivity contribution in [3.05, 3.63) is 64.7 Å². The molecule has 1 N–H and O–H groups in total. The molecule has 1 aliphatic heterocycles. The van der Waals surface area contributed by atoms with E-state index in [1.165, 1.54) is 18.9 Å². The largest absolute Gasteiger partial charge is 0.466 e. The first kappa shape index (κ1) is 21.7. The zero-order valence-electron chi connectivity index (χ0n) is 18.2. The number of carbonyl (C=O) groups excluding carboxylic acids is 2. The molecule has 2 aliphatic rings. The molecule has 170 valence electrons. The van der Waals surface area contributed by atoms with Crippen molar-refractivity contribution < 1.29 is 14.3 Å². The van der Waals surface area contributed by atoms with E-state index in [0.29, 0.717) is 22.2 Å². The normalized spacial score (nSPS) is 18.4. The van der Waals surface area contributed by atoms with Gasteiger partial charge >= 0.3 is 12.0 Å². The van der Waals surface area contributed by atoms with E-state index in [2.05, 4.69) is 15.5 Å². The molecule has 0 bridgehead atoms. The van der Waals surface area contributed by atoms with Crippen LogP contribution in [0.2, 0.25) is 0 Å². The van der Waals surface area contributed by atoms with Gasteiger partial charge in [-0.25, -0.2) is 9.59 Å². The SMILES string of the molecule is COC(=O)C1=C(CSc2nnc(-c3cccs3)n2C)N(C2CC2)C(=O)NC1c1ccccc1. The molecule has 1 unspecified atom stereocenters. The van der Waals surface area contributed by atoms with Gasteiger partial charge in [0.2, 0.25) is 0 Å². The molecule has 2 aromatic heterocycles. The average Bonchev–Trinajstić information content (AvgIpc) is 3.38. The molecule has 3 heterocycles. The van der Waals surface area contributed by atoms with Crippen LogP contribution in [-0.2, 0) is 16.6 Å². The van der Waals surface area contributed by atoms with Gasteiger partial charge in [-0.2, -0.15) is 0 Å². The highest BCUT2D eigenvalue weighted by Gasteiger charge is 2.44. The number of nitrogens with zero attached hydrogens (tertiary/aromatic N) is 4.